The van der Waals surface area contributed by atoms with Gasteiger partial charge in [0.05, 0.1) is 19.3 Å². The summed E-state index contributed by atoms with van der Waals surface area (Å²) in [5.41, 5.74) is -3.69. The summed E-state index contributed by atoms with van der Waals surface area (Å²) < 4.78 is 36.6. The molecule has 0 aliphatic rings. The van der Waals surface area contributed by atoms with Crippen LogP contribution in [0.15, 0.2) is 24.3 Å². The molecule has 1 amide bonds. The summed E-state index contributed by atoms with van der Waals surface area (Å²) in [6.45, 7) is 12.2. The molecule has 2 N–H and O–H groups in total. The highest BCUT2D eigenvalue weighted by atomic mass is 35.5. The summed E-state index contributed by atoms with van der Waals surface area (Å²) in [7, 11) is -3.79. The number of ether oxygens (including phenoxy) is 3. The minimum absolute atomic E-state index is 0.114. The van der Waals surface area contributed by atoms with Crippen molar-refractivity contribution in [3.63, 3.8) is 0 Å². The fourth-order valence-corrected chi connectivity index (χ4v) is 5.97. The second-order valence-corrected chi connectivity index (χ2v) is 11.6. The van der Waals surface area contributed by atoms with E-state index < -0.39 is 30.2 Å². The van der Waals surface area contributed by atoms with Gasteiger partial charge in [-0.1, -0.05) is 23.7 Å². The number of halogens is 1. The molecule has 0 aliphatic carbocycles. The molecule has 184 valence electrons. The van der Waals surface area contributed by atoms with Crippen LogP contribution in [0, 0.1) is 0 Å². The van der Waals surface area contributed by atoms with E-state index in [1.54, 1.807) is 72.7 Å². The van der Waals surface area contributed by atoms with Crippen molar-refractivity contribution in [2.24, 2.45) is 0 Å². The summed E-state index contributed by atoms with van der Waals surface area (Å²) in [5, 5.41) is 14.7. The van der Waals surface area contributed by atoms with Crippen LogP contribution in [0.2, 0.25) is 5.02 Å². The predicted octanol–water partition coefficient (Wildman–Crippen LogP) is 5.11. The van der Waals surface area contributed by atoms with Gasteiger partial charge in [-0.25, -0.2) is 4.79 Å². The van der Waals surface area contributed by atoms with E-state index in [4.69, 9.17) is 30.3 Å². The standard InChI is InChI=1S/C22H37ClNO7P/c1-8-28-21(7,29-9-2)32(27,30-10-3)16-22(26,17-11-13-18(23)14-12-17)15-24-19(25)31-20(4,5)6/h11-14,26H,8-10,15-16H2,1-7H3,(H,24,25). The molecule has 32 heavy (non-hydrogen) atoms. The van der Waals surface area contributed by atoms with Crippen LogP contribution in [-0.4, -0.2) is 54.9 Å². The zero-order valence-corrected chi connectivity index (χ0v) is 21.7. The molecule has 0 radical (unpaired) electrons. The number of hydrogen-bond donors (Lipinski definition) is 2. The first-order valence-corrected chi connectivity index (χ1v) is 12.9. The highest BCUT2D eigenvalue weighted by molar-refractivity contribution is 7.60. The summed E-state index contributed by atoms with van der Waals surface area (Å²) >= 11 is 6.01. The summed E-state index contributed by atoms with van der Waals surface area (Å²) in [4.78, 5) is 12.3. The fraction of sp³-hybridized carbons (Fsp3) is 0.682. The van der Waals surface area contributed by atoms with E-state index in [1.165, 1.54) is 0 Å². The predicted molar refractivity (Wildman–Crippen MR) is 125 cm³/mol. The lowest BCUT2D eigenvalue weighted by Gasteiger charge is -2.40. The Bertz CT molecular complexity index is 775. The Morgan fingerprint density at radius 1 is 1.03 bits per heavy atom. The van der Waals surface area contributed by atoms with Gasteiger partial charge in [0.15, 0.2) is 0 Å². The Morgan fingerprint density at radius 3 is 2.00 bits per heavy atom. The molecule has 0 saturated carbocycles. The van der Waals surface area contributed by atoms with E-state index in [0.29, 0.717) is 10.6 Å². The first kappa shape index (κ1) is 28.9. The molecule has 0 heterocycles. The smallest absolute Gasteiger partial charge is 0.407 e. The minimum atomic E-state index is -3.79. The molecule has 10 heteroatoms. The number of benzene rings is 1. The Kier molecular flexibility index (Phi) is 10.7. The highest BCUT2D eigenvalue weighted by Crippen LogP contribution is 2.62. The van der Waals surface area contributed by atoms with Gasteiger partial charge in [0.1, 0.15) is 11.2 Å². The summed E-state index contributed by atoms with van der Waals surface area (Å²) in [5.74, 6) is 0. The Hall–Kier alpha value is -1.15. The summed E-state index contributed by atoms with van der Waals surface area (Å²) in [6, 6.07) is 6.42. The minimum Gasteiger partial charge on any atom is -0.444 e. The van der Waals surface area contributed by atoms with E-state index in [1.807, 2.05) is 0 Å². The van der Waals surface area contributed by atoms with Crippen LogP contribution in [0.5, 0.6) is 0 Å². The van der Waals surface area contributed by atoms with Gasteiger partial charge < -0.3 is 29.2 Å². The zero-order chi connectivity index (χ0) is 24.6. The molecule has 0 aromatic heterocycles. The molecular formula is C22H37ClNO7P. The second kappa shape index (κ2) is 11.8. The van der Waals surface area contributed by atoms with E-state index in [2.05, 4.69) is 5.32 Å². The summed E-state index contributed by atoms with van der Waals surface area (Å²) in [6.07, 6.45) is -1.09. The number of alkyl carbamates (subject to hydrolysis) is 1. The van der Waals surface area contributed by atoms with E-state index in [-0.39, 0.29) is 32.5 Å². The number of hydrogen-bond acceptors (Lipinski definition) is 7. The van der Waals surface area contributed by atoms with Crippen LogP contribution in [0.4, 0.5) is 4.79 Å². The van der Waals surface area contributed by atoms with Crippen molar-refractivity contribution in [2.75, 3.05) is 32.5 Å². The topological polar surface area (TPSA) is 103 Å². The SMILES string of the molecule is CCOC(C)(OCC)P(=O)(CC(O)(CNC(=O)OC(C)(C)C)c1ccc(Cl)cc1)OCC. The van der Waals surface area contributed by atoms with Crippen LogP contribution in [0.3, 0.4) is 0 Å². The highest BCUT2D eigenvalue weighted by Gasteiger charge is 2.53. The van der Waals surface area contributed by atoms with Gasteiger partial charge in [0, 0.05) is 18.2 Å². The van der Waals surface area contributed by atoms with Crippen LogP contribution < -0.4 is 5.32 Å². The van der Waals surface area contributed by atoms with Crippen molar-refractivity contribution in [1.29, 1.82) is 0 Å². The number of carbonyl (C=O) groups is 1. The number of carbonyl (C=O) groups excluding carboxylic acids is 1. The molecule has 1 aromatic rings. The molecule has 0 bridgehead atoms. The van der Waals surface area contributed by atoms with E-state index >= 15 is 0 Å². The van der Waals surface area contributed by atoms with Gasteiger partial charge in [-0.3, -0.25) is 4.57 Å². The normalized spacial score (nSPS) is 16.2. The molecule has 0 spiro atoms. The molecule has 2 unspecified atom stereocenters. The van der Waals surface area contributed by atoms with Gasteiger partial charge in [-0.05, 0) is 66.2 Å². The quantitative estimate of drug-likeness (QED) is 0.308. The Labute approximate surface area is 196 Å². The fourth-order valence-electron chi connectivity index (χ4n) is 3.18. The van der Waals surface area contributed by atoms with Gasteiger partial charge in [0.25, 0.3) is 7.37 Å². The molecule has 0 aliphatic heterocycles. The maximum atomic E-state index is 14.1. The first-order valence-electron chi connectivity index (χ1n) is 10.7. The van der Waals surface area contributed by atoms with Gasteiger partial charge in [-0.2, -0.15) is 0 Å². The number of aliphatic hydroxyl groups is 1. The number of amides is 1. The molecule has 1 rings (SSSR count). The average Bonchev–Trinajstić information content (AvgIpc) is 2.66. The molecule has 1 aromatic carbocycles. The molecule has 2 atom stereocenters. The van der Waals surface area contributed by atoms with Gasteiger partial charge in [0.2, 0.25) is 5.53 Å². The van der Waals surface area contributed by atoms with Gasteiger partial charge >= 0.3 is 6.09 Å². The third kappa shape index (κ3) is 8.01. The van der Waals surface area contributed by atoms with Crippen molar-refractivity contribution in [3.05, 3.63) is 34.9 Å². The Morgan fingerprint density at radius 2 is 1.56 bits per heavy atom. The van der Waals surface area contributed by atoms with Crippen LogP contribution in [0.25, 0.3) is 0 Å². The average molecular weight is 494 g/mol. The molecule has 8 nitrogen and oxygen atoms in total. The maximum absolute atomic E-state index is 14.1. The molecule has 0 fully saturated rings. The lowest BCUT2D eigenvalue weighted by atomic mass is 9.96. The zero-order valence-electron chi connectivity index (χ0n) is 20.1. The van der Waals surface area contributed by atoms with Crippen LogP contribution in [-0.2, 0) is 28.9 Å². The third-order valence-corrected chi connectivity index (χ3v) is 7.92. The van der Waals surface area contributed by atoms with Crippen LogP contribution in [0.1, 0.15) is 54.0 Å². The monoisotopic (exact) mass is 493 g/mol. The second-order valence-electron chi connectivity index (χ2n) is 8.41. The van der Waals surface area contributed by atoms with Gasteiger partial charge in [-0.15, -0.1) is 0 Å². The number of rotatable bonds is 12. The van der Waals surface area contributed by atoms with Crippen molar-refractivity contribution in [1.82, 2.24) is 5.32 Å². The van der Waals surface area contributed by atoms with Crippen molar-refractivity contribution in [3.8, 4) is 0 Å². The molecular weight excluding hydrogens is 457 g/mol. The van der Waals surface area contributed by atoms with Crippen molar-refractivity contribution >= 4 is 25.1 Å². The van der Waals surface area contributed by atoms with E-state index in [0.717, 1.165) is 0 Å². The lowest BCUT2D eigenvalue weighted by Crippen LogP contribution is -2.47. The van der Waals surface area contributed by atoms with E-state index in [9.17, 15) is 14.5 Å². The third-order valence-electron chi connectivity index (χ3n) is 4.56. The first-order chi connectivity index (χ1) is 14.7. The lowest BCUT2D eigenvalue weighted by molar-refractivity contribution is -0.169. The van der Waals surface area contributed by atoms with Crippen molar-refractivity contribution < 1.29 is 33.2 Å². The largest absolute Gasteiger partial charge is 0.444 e. The maximum Gasteiger partial charge on any atom is 0.407 e. The van der Waals surface area contributed by atoms with Crippen LogP contribution >= 0.6 is 19.0 Å². The molecule has 0 saturated heterocycles. The van der Waals surface area contributed by atoms with Crippen molar-refractivity contribution in [2.45, 2.75) is 65.2 Å². The number of nitrogens with one attached hydrogen (secondary N) is 1. The Balaban J connectivity index is 3.39.